The van der Waals surface area contributed by atoms with Gasteiger partial charge in [-0.15, -0.1) is 0 Å². The molecule has 0 bridgehead atoms. The third kappa shape index (κ3) is 2.55. The van der Waals surface area contributed by atoms with Crippen molar-refractivity contribution in [2.45, 2.75) is 65.9 Å². The zero-order valence-electron chi connectivity index (χ0n) is 13.0. The number of ether oxygens (including phenoxy) is 1. The molecule has 2 nitrogen and oxygen atoms in total. The van der Waals surface area contributed by atoms with E-state index in [9.17, 15) is 4.79 Å². The first kappa shape index (κ1) is 15.6. The van der Waals surface area contributed by atoms with Gasteiger partial charge in [0.25, 0.3) is 0 Å². The van der Waals surface area contributed by atoms with Gasteiger partial charge >= 0.3 is 5.97 Å². The Morgan fingerprint density at radius 1 is 1.45 bits per heavy atom. The van der Waals surface area contributed by atoms with Crippen molar-refractivity contribution in [3.8, 4) is 0 Å². The summed E-state index contributed by atoms with van der Waals surface area (Å²) in [5.41, 5.74) is 2.61. The van der Waals surface area contributed by atoms with Crippen LogP contribution in [0, 0.1) is 10.8 Å². The monoisotopic (exact) mass is 296 g/mol. The second-order valence-corrected chi connectivity index (χ2v) is 7.53. The van der Waals surface area contributed by atoms with Gasteiger partial charge in [0.05, 0.1) is 0 Å². The van der Waals surface area contributed by atoms with E-state index in [0.717, 1.165) is 37.1 Å². The Labute approximate surface area is 127 Å². The van der Waals surface area contributed by atoms with E-state index in [-0.39, 0.29) is 22.9 Å². The van der Waals surface area contributed by atoms with Crippen molar-refractivity contribution in [1.29, 1.82) is 0 Å². The summed E-state index contributed by atoms with van der Waals surface area (Å²) in [6.45, 7) is 12.5. The Bertz CT molecular complexity index is 475. The number of halogens is 1. The summed E-state index contributed by atoms with van der Waals surface area (Å²) in [4.78, 5) is 11.2. The normalized spacial score (nSPS) is 33.5. The van der Waals surface area contributed by atoms with Gasteiger partial charge < -0.3 is 4.74 Å². The highest BCUT2D eigenvalue weighted by molar-refractivity contribution is 6.30. The highest BCUT2D eigenvalue weighted by Gasteiger charge is 2.52. The molecule has 0 radical (unpaired) electrons. The Hall–Kier alpha value is -0.760. The minimum absolute atomic E-state index is 0.0357. The highest BCUT2D eigenvalue weighted by Crippen LogP contribution is 2.61. The van der Waals surface area contributed by atoms with Crippen molar-refractivity contribution in [3.63, 3.8) is 0 Å². The van der Waals surface area contributed by atoms with Gasteiger partial charge in [0.2, 0.25) is 0 Å². The summed E-state index contributed by atoms with van der Waals surface area (Å²) in [5.74, 6) is -0.202. The van der Waals surface area contributed by atoms with Crippen LogP contribution in [-0.2, 0) is 9.53 Å². The maximum atomic E-state index is 11.2. The SMILES string of the molecule is C=C1C[C@H](OC(C)=O)CC(C)(C)[C@@]12CCC(C)=C(Cl)C2. The molecule has 2 aliphatic rings. The van der Waals surface area contributed by atoms with Crippen LogP contribution in [0.25, 0.3) is 0 Å². The van der Waals surface area contributed by atoms with Gasteiger partial charge in [0, 0.05) is 23.8 Å². The fourth-order valence-corrected chi connectivity index (χ4v) is 4.35. The second kappa shape index (κ2) is 5.22. The Kier molecular flexibility index (Phi) is 4.07. The van der Waals surface area contributed by atoms with Crippen LogP contribution in [-0.4, -0.2) is 12.1 Å². The Morgan fingerprint density at radius 3 is 2.60 bits per heavy atom. The first-order valence-corrected chi connectivity index (χ1v) is 7.75. The van der Waals surface area contributed by atoms with Crippen LogP contribution in [0.1, 0.15) is 59.8 Å². The molecule has 20 heavy (non-hydrogen) atoms. The van der Waals surface area contributed by atoms with Crippen molar-refractivity contribution in [3.05, 3.63) is 22.8 Å². The van der Waals surface area contributed by atoms with Gasteiger partial charge in [-0.3, -0.25) is 4.79 Å². The summed E-state index contributed by atoms with van der Waals surface area (Å²) in [7, 11) is 0. The van der Waals surface area contributed by atoms with Gasteiger partial charge in [0.1, 0.15) is 6.10 Å². The number of hydrogen-bond acceptors (Lipinski definition) is 2. The molecular formula is C17H25ClO2. The molecule has 2 aliphatic carbocycles. The number of hydrogen-bond donors (Lipinski definition) is 0. The number of allylic oxidation sites excluding steroid dienone is 2. The predicted molar refractivity (Wildman–Crippen MR) is 82.5 cm³/mol. The van der Waals surface area contributed by atoms with E-state index in [4.69, 9.17) is 16.3 Å². The topological polar surface area (TPSA) is 26.3 Å². The van der Waals surface area contributed by atoms with E-state index in [1.165, 1.54) is 18.1 Å². The number of carbonyl (C=O) groups excluding carboxylic acids is 1. The van der Waals surface area contributed by atoms with Crippen LogP contribution in [0.3, 0.4) is 0 Å². The molecule has 1 saturated carbocycles. The fourth-order valence-electron chi connectivity index (χ4n) is 4.02. The van der Waals surface area contributed by atoms with Gasteiger partial charge in [-0.25, -0.2) is 0 Å². The third-order valence-electron chi connectivity index (χ3n) is 5.36. The lowest BCUT2D eigenvalue weighted by Crippen LogP contribution is -2.48. The van der Waals surface area contributed by atoms with Gasteiger partial charge in [0.15, 0.2) is 0 Å². The summed E-state index contributed by atoms with van der Waals surface area (Å²) < 4.78 is 5.43. The Balaban J connectivity index is 2.28. The number of rotatable bonds is 1. The smallest absolute Gasteiger partial charge is 0.302 e. The zero-order chi connectivity index (χ0) is 15.1. The first-order valence-electron chi connectivity index (χ1n) is 7.37. The quantitative estimate of drug-likeness (QED) is 0.504. The standard InChI is InChI=1S/C17H25ClO2/c1-11-6-7-17(10-15(11)18)12(2)8-14(20-13(3)19)9-16(17,4)5/h14H,2,6-10H2,1,3-5H3/t14-,17+/m0/s1. The van der Waals surface area contributed by atoms with E-state index in [1.807, 2.05) is 0 Å². The summed E-state index contributed by atoms with van der Waals surface area (Å²) >= 11 is 6.46. The van der Waals surface area contributed by atoms with Gasteiger partial charge in [-0.2, -0.15) is 0 Å². The lowest BCUT2D eigenvalue weighted by atomic mass is 9.50. The molecule has 1 fully saturated rings. The van der Waals surface area contributed by atoms with E-state index >= 15 is 0 Å². The molecule has 0 unspecified atom stereocenters. The molecular weight excluding hydrogens is 272 g/mol. The molecule has 1 spiro atoms. The molecule has 112 valence electrons. The lowest BCUT2D eigenvalue weighted by Gasteiger charge is -2.55. The molecule has 2 atom stereocenters. The maximum Gasteiger partial charge on any atom is 0.302 e. The van der Waals surface area contributed by atoms with Crippen LogP contribution < -0.4 is 0 Å². The second-order valence-electron chi connectivity index (χ2n) is 7.07. The molecule has 2 rings (SSSR count). The summed E-state index contributed by atoms with van der Waals surface area (Å²) in [5, 5.41) is 0.997. The van der Waals surface area contributed by atoms with Crippen molar-refractivity contribution in [2.24, 2.45) is 10.8 Å². The maximum absolute atomic E-state index is 11.2. The minimum Gasteiger partial charge on any atom is -0.462 e. The predicted octanol–water partition coefficient (Wildman–Crippen LogP) is 4.98. The largest absolute Gasteiger partial charge is 0.462 e. The van der Waals surface area contributed by atoms with E-state index in [2.05, 4.69) is 27.4 Å². The molecule has 0 aliphatic heterocycles. The van der Waals surface area contributed by atoms with Crippen LogP contribution >= 0.6 is 11.6 Å². The van der Waals surface area contributed by atoms with E-state index in [0.29, 0.717) is 0 Å². The number of carbonyl (C=O) groups is 1. The van der Waals surface area contributed by atoms with E-state index in [1.54, 1.807) is 0 Å². The fraction of sp³-hybridized carbons (Fsp3) is 0.706. The van der Waals surface area contributed by atoms with Gasteiger partial charge in [-0.05, 0) is 38.0 Å². The molecule has 0 N–H and O–H groups in total. The first-order chi connectivity index (χ1) is 9.18. The minimum atomic E-state index is -0.202. The molecule has 3 heteroatoms. The lowest BCUT2D eigenvalue weighted by molar-refractivity contribution is -0.151. The highest BCUT2D eigenvalue weighted by atomic mass is 35.5. The molecule has 0 aromatic carbocycles. The molecule has 0 saturated heterocycles. The van der Waals surface area contributed by atoms with Crippen molar-refractivity contribution < 1.29 is 9.53 Å². The zero-order valence-corrected chi connectivity index (χ0v) is 13.8. The van der Waals surface area contributed by atoms with Crippen LogP contribution in [0.4, 0.5) is 0 Å². The van der Waals surface area contributed by atoms with Crippen molar-refractivity contribution >= 4 is 17.6 Å². The third-order valence-corrected chi connectivity index (χ3v) is 5.82. The average molecular weight is 297 g/mol. The Morgan fingerprint density at radius 2 is 2.10 bits per heavy atom. The average Bonchev–Trinajstić information content (AvgIpc) is 2.29. The van der Waals surface area contributed by atoms with Crippen LogP contribution in [0.5, 0.6) is 0 Å². The molecule has 0 aromatic rings. The van der Waals surface area contributed by atoms with E-state index < -0.39 is 0 Å². The molecule has 0 aromatic heterocycles. The summed E-state index contributed by atoms with van der Waals surface area (Å²) in [6.07, 6.45) is 4.65. The van der Waals surface area contributed by atoms with Crippen molar-refractivity contribution in [1.82, 2.24) is 0 Å². The van der Waals surface area contributed by atoms with Gasteiger partial charge in [-0.1, -0.05) is 43.2 Å². The molecule has 0 heterocycles. The van der Waals surface area contributed by atoms with Crippen molar-refractivity contribution in [2.75, 3.05) is 0 Å². The van der Waals surface area contributed by atoms with Crippen LogP contribution in [0.15, 0.2) is 22.8 Å². The summed E-state index contributed by atoms with van der Waals surface area (Å²) in [6, 6.07) is 0. The molecule has 0 amide bonds. The number of esters is 1. The van der Waals surface area contributed by atoms with Crippen LogP contribution in [0.2, 0.25) is 0 Å².